The Morgan fingerprint density at radius 2 is 2.25 bits per heavy atom. The average molecular weight is 230 g/mol. The van der Waals surface area contributed by atoms with Gasteiger partial charge >= 0.3 is 6.03 Å². The summed E-state index contributed by atoms with van der Waals surface area (Å²) in [6.07, 6.45) is 3.40. The van der Waals surface area contributed by atoms with Gasteiger partial charge in [-0.3, -0.25) is 0 Å². The van der Waals surface area contributed by atoms with Gasteiger partial charge in [0.05, 0.1) is 5.60 Å². The van der Waals surface area contributed by atoms with Crippen LogP contribution in [0.3, 0.4) is 0 Å². The molecule has 0 saturated heterocycles. The molecule has 1 unspecified atom stereocenters. The van der Waals surface area contributed by atoms with Crippen molar-refractivity contribution in [3.8, 4) is 0 Å². The van der Waals surface area contributed by atoms with E-state index in [4.69, 9.17) is 4.74 Å². The number of hydrogen-bond acceptors (Lipinski definition) is 3. The van der Waals surface area contributed by atoms with E-state index in [0.29, 0.717) is 13.2 Å². The predicted octanol–water partition coefficient (Wildman–Crippen LogP) is 0.626. The lowest BCUT2D eigenvalue weighted by molar-refractivity contribution is -0.0290. The van der Waals surface area contributed by atoms with Gasteiger partial charge in [-0.25, -0.2) is 4.79 Å². The molecule has 0 spiro atoms. The van der Waals surface area contributed by atoms with E-state index in [0.717, 1.165) is 25.7 Å². The second kappa shape index (κ2) is 6.06. The number of hydrogen-bond donors (Lipinski definition) is 3. The number of amides is 2. The third-order valence-electron chi connectivity index (χ3n) is 2.99. The van der Waals surface area contributed by atoms with Crippen molar-refractivity contribution < 1.29 is 14.6 Å². The van der Waals surface area contributed by atoms with Crippen LogP contribution in [0.25, 0.3) is 0 Å². The summed E-state index contributed by atoms with van der Waals surface area (Å²) in [7, 11) is 1.64. The van der Waals surface area contributed by atoms with E-state index in [1.54, 1.807) is 7.11 Å². The fourth-order valence-electron chi connectivity index (χ4n) is 1.65. The quantitative estimate of drug-likeness (QED) is 0.626. The van der Waals surface area contributed by atoms with Crippen molar-refractivity contribution in [2.24, 2.45) is 0 Å². The summed E-state index contributed by atoms with van der Waals surface area (Å²) in [5, 5.41) is 15.3. The largest absolute Gasteiger partial charge is 0.388 e. The molecular weight excluding hydrogens is 208 g/mol. The Hall–Kier alpha value is -0.810. The summed E-state index contributed by atoms with van der Waals surface area (Å²) >= 11 is 0. The van der Waals surface area contributed by atoms with Crippen LogP contribution in [0.5, 0.6) is 0 Å². The highest BCUT2D eigenvalue weighted by Gasteiger charge is 2.34. The molecule has 0 heterocycles. The predicted molar refractivity (Wildman–Crippen MR) is 61.3 cm³/mol. The molecule has 0 radical (unpaired) electrons. The summed E-state index contributed by atoms with van der Waals surface area (Å²) in [5.74, 6) is 0. The van der Waals surface area contributed by atoms with Crippen LogP contribution >= 0.6 is 0 Å². The molecule has 0 aromatic rings. The van der Waals surface area contributed by atoms with Crippen molar-refractivity contribution in [1.29, 1.82) is 0 Å². The van der Waals surface area contributed by atoms with E-state index in [9.17, 15) is 9.90 Å². The van der Waals surface area contributed by atoms with E-state index in [1.165, 1.54) is 0 Å². The maximum Gasteiger partial charge on any atom is 0.315 e. The van der Waals surface area contributed by atoms with E-state index in [-0.39, 0.29) is 12.1 Å². The molecule has 1 aliphatic carbocycles. The molecule has 2 amide bonds. The third-order valence-corrected chi connectivity index (χ3v) is 2.99. The number of methoxy groups -OCH3 is 1. The average Bonchev–Trinajstić information content (AvgIpc) is 2.21. The number of nitrogens with one attached hydrogen (secondary N) is 2. The van der Waals surface area contributed by atoms with Gasteiger partial charge < -0.3 is 20.5 Å². The van der Waals surface area contributed by atoms with Crippen LogP contribution in [-0.4, -0.2) is 43.0 Å². The number of aliphatic hydroxyl groups is 1. The van der Waals surface area contributed by atoms with Crippen LogP contribution in [0.4, 0.5) is 4.79 Å². The second-order valence-corrected chi connectivity index (χ2v) is 4.59. The van der Waals surface area contributed by atoms with Gasteiger partial charge in [0.1, 0.15) is 0 Å². The van der Waals surface area contributed by atoms with Crippen molar-refractivity contribution in [2.75, 3.05) is 20.3 Å². The highest BCUT2D eigenvalue weighted by atomic mass is 16.5. The second-order valence-electron chi connectivity index (χ2n) is 4.59. The molecule has 1 saturated carbocycles. The molecule has 0 aromatic carbocycles. The Balaban J connectivity index is 2.10. The first-order valence-corrected chi connectivity index (χ1v) is 5.81. The summed E-state index contributed by atoms with van der Waals surface area (Å²) in [6.45, 7) is 2.90. The minimum Gasteiger partial charge on any atom is -0.388 e. The van der Waals surface area contributed by atoms with Crippen LogP contribution in [0, 0.1) is 0 Å². The van der Waals surface area contributed by atoms with Crippen molar-refractivity contribution >= 4 is 6.03 Å². The first-order valence-electron chi connectivity index (χ1n) is 5.81. The van der Waals surface area contributed by atoms with Crippen molar-refractivity contribution in [1.82, 2.24) is 10.6 Å². The summed E-state index contributed by atoms with van der Waals surface area (Å²) < 4.78 is 4.92. The Bertz CT molecular complexity index is 229. The Morgan fingerprint density at radius 1 is 1.56 bits per heavy atom. The molecule has 5 heteroatoms. The molecule has 1 fully saturated rings. The number of rotatable bonds is 6. The minimum atomic E-state index is -0.660. The van der Waals surface area contributed by atoms with Gasteiger partial charge in [0.25, 0.3) is 0 Å². The SMILES string of the molecule is COCCC(C)NC(=O)NCC1(O)CCC1. The monoisotopic (exact) mass is 230 g/mol. The summed E-state index contributed by atoms with van der Waals surface area (Å²) in [6, 6.07) is -0.139. The molecule has 0 aliphatic heterocycles. The fraction of sp³-hybridized carbons (Fsp3) is 0.909. The zero-order valence-corrected chi connectivity index (χ0v) is 10.1. The van der Waals surface area contributed by atoms with Gasteiger partial charge in [0.15, 0.2) is 0 Å². The Morgan fingerprint density at radius 3 is 2.75 bits per heavy atom. The molecule has 0 bridgehead atoms. The first kappa shape index (κ1) is 13.3. The lowest BCUT2D eigenvalue weighted by Crippen LogP contribution is -2.51. The maximum atomic E-state index is 11.4. The standard InChI is InChI=1S/C11H22N2O3/c1-9(4-7-16-2)13-10(14)12-8-11(15)5-3-6-11/h9,15H,3-8H2,1-2H3,(H2,12,13,14). The normalized spacial score (nSPS) is 19.7. The van der Waals surface area contributed by atoms with E-state index in [1.807, 2.05) is 6.92 Å². The lowest BCUT2D eigenvalue weighted by Gasteiger charge is -2.36. The number of ether oxygens (including phenoxy) is 1. The molecule has 94 valence electrons. The molecule has 5 nitrogen and oxygen atoms in total. The van der Waals surface area contributed by atoms with Crippen LogP contribution in [0.1, 0.15) is 32.6 Å². The first-order chi connectivity index (χ1) is 7.56. The number of carbonyl (C=O) groups is 1. The Kier molecular flexibility index (Phi) is 5.02. The molecule has 16 heavy (non-hydrogen) atoms. The molecular formula is C11H22N2O3. The highest BCUT2D eigenvalue weighted by Crippen LogP contribution is 2.30. The van der Waals surface area contributed by atoms with Gasteiger partial charge in [-0.05, 0) is 32.6 Å². The van der Waals surface area contributed by atoms with E-state index < -0.39 is 5.60 Å². The van der Waals surface area contributed by atoms with Crippen LogP contribution in [-0.2, 0) is 4.74 Å². The van der Waals surface area contributed by atoms with Crippen LogP contribution in [0.2, 0.25) is 0 Å². The maximum absolute atomic E-state index is 11.4. The van der Waals surface area contributed by atoms with Gasteiger partial charge in [0, 0.05) is 26.3 Å². The highest BCUT2D eigenvalue weighted by molar-refractivity contribution is 5.74. The topological polar surface area (TPSA) is 70.6 Å². The molecule has 1 aliphatic rings. The van der Waals surface area contributed by atoms with Gasteiger partial charge in [-0.1, -0.05) is 0 Å². The number of carbonyl (C=O) groups excluding carboxylic acids is 1. The molecule has 0 aromatic heterocycles. The molecule has 1 rings (SSSR count). The fourth-order valence-corrected chi connectivity index (χ4v) is 1.65. The number of urea groups is 1. The van der Waals surface area contributed by atoms with Gasteiger partial charge in [-0.2, -0.15) is 0 Å². The lowest BCUT2D eigenvalue weighted by atomic mass is 9.80. The molecule has 1 atom stereocenters. The Labute approximate surface area is 96.6 Å². The summed E-state index contributed by atoms with van der Waals surface area (Å²) in [4.78, 5) is 11.4. The van der Waals surface area contributed by atoms with Crippen molar-refractivity contribution in [2.45, 2.75) is 44.2 Å². The van der Waals surface area contributed by atoms with Crippen LogP contribution < -0.4 is 10.6 Å². The minimum absolute atomic E-state index is 0.0796. The van der Waals surface area contributed by atoms with E-state index in [2.05, 4.69) is 10.6 Å². The zero-order valence-electron chi connectivity index (χ0n) is 10.1. The van der Waals surface area contributed by atoms with Crippen LogP contribution in [0.15, 0.2) is 0 Å². The smallest absolute Gasteiger partial charge is 0.315 e. The zero-order chi connectivity index (χ0) is 12.0. The third kappa shape index (κ3) is 4.37. The van der Waals surface area contributed by atoms with Gasteiger partial charge in [0.2, 0.25) is 0 Å². The van der Waals surface area contributed by atoms with Gasteiger partial charge in [-0.15, -0.1) is 0 Å². The van der Waals surface area contributed by atoms with Crippen molar-refractivity contribution in [3.63, 3.8) is 0 Å². The molecule has 3 N–H and O–H groups in total. The van der Waals surface area contributed by atoms with E-state index >= 15 is 0 Å². The van der Waals surface area contributed by atoms with Crippen molar-refractivity contribution in [3.05, 3.63) is 0 Å². The summed E-state index contributed by atoms with van der Waals surface area (Å²) in [5.41, 5.74) is -0.660.